The third-order valence-corrected chi connectivity index (χ3v) is 4.24. The predicted octanol–water partition coefficient (Wildman–Crippen LogP) is 2.90. The monoisotopic (exact) mass is 310 g/mol. The van der Waals surface area contributed by atoms with Crippen LogP contribution in [0.3, 0.4) is 0 Å². The lowest BCUT2D eigenvalue weighted by molar-refractivity contribution is -0.384. The largest absolute Gasteiger partial charge is 0.321 e. The number of nitrogens with zero attached hydrogens (tertiary/aromatic N) is 3. The zero-order chi connectivity index (χ0) is 16.1. The SMILES string of the molecule is Cc1[nH]nc2c1C(c1ccc([N+](=O)[O-])cc1)c1c(n[nH]c1C)N2. The Morgan fingerprint density at radius 1 is 1.00 bits per heavy atom. The van der Waals surface area contributed by atoms with Crippen LogP contribution in [0.15, 0.2) is 24.3 Å². The van der Waals surface area contributed by atoms with Crippen LogP contribution in [-0.4, -0.2) is 25.3 Å². The normalized spacial score (nSPS) is 13.3. The van der Waals surface area contributed by atoms with E-state index in [2.05, 4.69) is 25.7 Å². The molecule has 1 aromatic carbocycles. The third kappa shape index (κ3) is 1.91. The number of hydrogen-bond donors (Lipinski definition) is 3. The quantitative estimate of drug-likeness (QED) is 0.389. The van der Waals surface area contributed by atoms with E-state index in [0.717, 1.165) is 39.7 Å². The summed E-state index contributed by atoms with van der Waals surface area (Å²) in [7, 11) is 0. The van der Waals surface area contributed by atoms with Gasteiger partial charge in [-0.25, -0.2) is 0 Å². The van der Waals surface area contributed by atoms with Gasteiger partial charge in [0.1, 0.15) is 0 Å². The molecule has 8 heteroatoms. The van der Waals surface area contributed by atoms with E-state index in [9.17, 15) is 10.1 Å². The summed E-state index contributed by atoms with van der Waals surface area (Å²) in [5.74, 6) is 1.41. The summed E-state index contributed by atoms with van der Waals surface area (Å²) in [4.78, 5) is 10.5. The van der Waals surface area contributed by atoms with E-state index in [1.807, 2.05) is 13.8 Å². The molecule has 0 saturated carbocycles. The molecule has 0 amide bonds. The molecule has 0 radical (unpaired) electrons. The number of nitrogens with one attached hydrogen (secondary N) is 3. The summed E-state index contributed by atoms with van der Waals surface area (Å²) in [6.07, 6.45) is 0. The van der Waals surface area contributed by atoms with Gasteiger partial charge in [-0.05, 0) is 19.4 Å². The summed E-state index contributed by atoms with van der Waals surface area (Å²) in [5.41, 5.74) is 5.04. The lowest BCUT2D eigenvalue weighted by Crippen LogP contribution is -2.14. The third-order valence-electron chi connectivity index (χ3n) is 4.24. The number of benzene rings is 1. The number of hydrogen-bond acceptors (Lipinski definition) is 5. The van der Waals surface area contributed by atoms with Crippen LogP contribution in [0, 0.1) is 24.0 Å². The number of nitro benzene ring substituents is 1. The van der Waals surface area contributed by atoms with Crippen molar-refractivity contribution in [2.45, 2.75) is 19.8 Å². The maximum atomic E-state index is 10.9. The lowest BCUT2D eigenvalue weighted by Gasteiger charge is -2.24. The first kappa shape index (κ1) is 13.5. The Balaban J connectivity index is 1.91. The van der Waals surface area contributed by atoms with Crippen molar-refractivity contribution in [2.24, 2.45) is 0 Å². The minimum Gasteiger partial charge on any atom is -0.321 e. The maximum absolute atomic E-state index is 10.9. The van der Waals surface area contributed by atoms with Crippen molar-refractivity contribution in [3.8, 4) is 0 Å². The molecule has 0 aliphatic carbocycles. The Bertz CT molecular complexity index is 862. The molecule has 0 atom stereocenters. The van der Waals surface area contributed by atoms with Crippen molar-refractivity contribution in [1.82, 2.24) is 20.4 Å². The molecule has 2 aromatic heterocycles. The number of rotatable bonds is 2. The summed E-state index contributed by atoms with van der Waals surface area (Å²) in [6.45, 7) is 3.93. The van der Waals surface area contributed by atoms with Crippen molar-refractivity contribution in [1.29, 1.82) is 0 Å². The van der Waals surface area contributed by atoms with Crippen LogP contribution in [0.25, 0.3) is 0 Å². The Kier molecular flexibility index (Phi) is 2.74. The van der Waals surface area contributed by atoms with E-state index >= 15 is 0 Å². The summed E-state index contributed by atoms with van der Waals surface area (Å²) < 4.78 is 0. The van der Waals surface area contributed by atoms with Crippen molar-refractivity contribution in [3.63, 3.8) is 0 Å². The van der Waals surface area contributed by atoms with Gasteiger partial charge in [-0.2, -0.15) is 10.2 Å². The van der Waals surface area contributed by atoms with Gasteiger partial charge in [0.25, 0.3) is 5.69 Å². The van der Waals surface area contributed by atoms with Gasteiger partial charge in [-0.15, -0.1) is 0 Å². The van der Waals surface area contributed by atoms with E-state index in [-0.39, 0.29) is 11.6 Å². The molecule has 1 aliphatic heterocycles. The van der Waals surface area contributed by atoms with E-state index in [1.165, 1.54) is 12.1 Å². The number of non-ortho nitro benzene ring substituents is 1. The molecule has 23 heavy (non-hydrogen) atoms. The first-order valence-corrected chi connectivity index (χ1v) is 7.17. The van der Waals surface area contributed by atoms with Gasteiger partial charge < -0.3 is 5.32 Å². The van der Waals surface area contributed by atoms with Crippen molar-refractivity contribution in [3.05, 3.63) is 62.5 Å². The second-order valence-corrected chi connectivity index (χ2v) is 5.63. The Hall–Kier alpha value is -3.16. The van der Waals surface area contributed by atoms with Gasteiger partial charge in [0, 0.05) is 40.6 Å². The van der Waals surface area contributed by atoms with Crippen LogP contribution < -0.4 is 5.32 Å². The number of aryl methyl sites for hydroxylation is 2. The summed E-state index contributed by atoms with van der Waals surface area (Å²) in [5, 5.41) is 28.7. The highest BCUT2D eigenvalue weighted by Crippen LogP contribution is 2.45. The van der Waals surface area contributed by atoms with Crippen molar-refractivity contribution in [2.75, 3.05) is 5.32 Å². The first-order chi connectivity index (χ1) is 11.1. The lowest BCUT2D eigenvalue weighted by atomic mass is 9.82. The van der Waals surface area contributed by atoms with Gasteiger partial charge >= 0.3 is 0 Å². The van der Waals surface area contributed by atoms with Crippen LogP contribution in [0.5, 0.6) is 0 Å². The number of aromatic nitrogens is 4. The fraction of sp³-hybridized carbons (Fsp3) is 0.200. The minimum atomic E-state index is -0.394. The van der Waals surface area contributed by atoms with Crippen LogP contribution >= 0.6 is 0 Å². The molecule has 0 bridgehead atoms. The zero-order valence-electron chi connectivity index (χ0n) is 12.5. The van der Waals surface area contributed by atoms with E-state index < -0.39 is 4.92 Å². The van der Waals surface area contributed by atoms with Gasteiger partial charge in [0.05, 0.1) is 4.92 Å². The zero-order valence-corrected chi connectivity index (χ0v) is 12.5. The molecular weight excluding hydrogens is 296 g/mol. The average molecular weight is 310 g/mol. The summed E-state index contributed by atoms with van der Waals surface area (Å²) >= 11 is 0. The van der Waals surface area contributed by atoms with Crippen LogP contribution in [0.4, 0.5) is 17.3 Å². The Morgan fingerprint density at radius 2 is 1.52 bits per heavy atom. The highest BCUT2D eigenvalue weighted by molar-refractivity contribution is 5.72. The second kappa shape index (κ2) is 4.67. The maximum Gasteiger partial charge on any atom is 0.269 e. The standard InChI is InChI=1S/C15H14N6O2/c1-7-11-13(9-3-5-10(6-4-9)21(22)23)12-8(2)18-20-15(12)16-14(11)19-17-7/h3-6,13H,1-2H3,(H3,16,17,18,19,20). The molecule has 3 heterocycles. The highest BCUT2D eigenvalue weighted by Gasteiger charge is 2.34. The Morgan fingerprint density at radius 3 is 2.00 bits per heavy atom. The van der Waals surface area contributed by atoms with Crippen molar-refractivity contribution >= 4 is 17.3 Å². The van der Waals surface area contributed by atoms with Crippen LogP contribution in [0.1, 0.15) is 34.0 Å². The van der Waals surface area contributed by atoms with Gasteiger partial charge in [0.15, 0.2) is 11.6 Å². The van der Waals surface area contributed by atoms with E-state index in [1.54, 1.807) is 12.1 Å². The van der Waals surface area contributed by atoms with Gasteiger partial charge in [-0.3, -0.25) is 20.3 Å². The molecule has 0 fully saturated rings. The van der Waals surface area contributed by atoms with Gasteiger partial charge in [0.2, 0.25) is 0 Å². The Labute approximate surface area is 131 Å². The highest BCUT2D eigenvalue weighted by atomic mass is 16.6. The van der Waals surface area contributed by atoms with Crippen LogP contribution in [0.2, 0.25) is 0 Å². The second-order valence-electron chi connectivity index (χ2n) is 5.63. The molecule has 1 aliphatic rings. The number of fused-ring (bicyclic) bond motifs is 2. The molecule has 3 N–H and O–H groups in total. The molecule has 3 aromatic rings. The molecule has 8 nitrogen and oxygen atoms in total. The van der Waals surface area contributed by atoms with E-state index in [0.29, 0.717) is 0 Å². The topological polar surface area (TPSA) is 113 Å². The number of nitro groups is 1. The fourth-order valence-electron chi connectivity index (χ4n) is 3.15. The molecular formula is C15H14N6O2. The molecule has 4 rings (SSSR count). The molecule has 0 unspecified atom stereocenters. The fourth-order valence-corrected chi connectivity index (χ4v) is 3.15. The van der Waals surface area contributed by atoms with Crippen molar-refractivity contribution < 1.29 is 4.92 Å². The number of H-pyrrole nitrogens is 2. The number of anilines is 2. The van der Waals surface area contributed by atoms with Crippen LogP contribution in [-0.2, 0) is 0 Å². The molecule has 0 spiro atoms. The molecule has 116 valence electrons. The minimum absolute atomic E-state index is 0.0699. The average Bonchev–Trinajstić information content (AvgIpc) is 3.10. The molecule has 0 saturated heterocycles. The number of aromatic amines is 2. The smallest absolute Gasteiger partial charge is 0.269 e. The van der Waals surface area contributed by atoms with E-state index in [4.69, 9.17) is 0 Å². The predicted molar refractivity (Wildman–Crippen MR) is 84.0 cm³/mol. The van der Waals surface area contributed by atoms with Gasteiger partial charge in [-0.1, -0.05) is 12.1 Å². The summed E-state index contributed by atoms with van der Waals surface area (Å²) in [6, 6.07) is 6.64. The first-order valence-electron chi connectivity index (χ1n) is 7.17.